The fourth-order valence-electron chi connectivity index (χ4n) is 1.85. The largest absolute Gasteiger partial charge is 0.484 e. The Morgan fingerprint density at radius 3 is 2.43 bits per heavy atom. The molecule has 0 bridgehead atoms. The molecule has 0 atom stereocenters. The minimum Gasteiger partial charge on any atom is -0.484 e. The van der Waals surface area contributed by atoms with Gasteiger partial charge in [-0.1, -0.05) is 30.3 Å². The summed E-state index contributed by atoms with van der Waals surface area (Å²) in [6.07, 6.45) is 0. The number of ether oxygens (including phenoxy) is 1. The van der Waals surface area contributed by atoms with E-state index in [9.17, 15) is 0 Å². The summed E-state index contributed by atoms with van der Waals surface area (Å²) in [4.78, 5) is 0. The van der Waals surface area contributed by atoms with Crippen LogP contribution in [-0.2, 0) is 13.2 Å². The maximum absolute atomic E-state index is 8.97. The lowest BCUT2D eigenvalue weighted by atomic mass is 10.2. The van der Waals surface area contributed by atoms with Crippen molar-refractivity contribution in [3.05, 3.63) is 66.1 Å². The molecule has 0 fully saturated rings. The fraction of sp³-hybridized carbons (Fsp3) is 0.125. The van der Waals surface area contributed by atoms with Gasteiger partial charge in [-0.05, 0) is 29.8 Å². The predicted molar refractivity (Wildman–Crippen MR) is 76.4 cm³/mol. The molecule has 3 aromatic rings. The van der Waals surface area contributed by atoms with Crippen LogP contribution in [0, 0.1) is 0 Å². The summed E-state index contributed by atoms with van der Waals surface area (Å²) in [5, 5.41) is 16.9. The summed E-state index contributed by atoms with van der Waals surface area (Å²) in [6, 6.07) is 16.8. The second-order valence-corrected chi connectivity index (χ2v) is 4.46. The predicted octanol–water partition coefficient (Wildman–Crippen LogP) is 2.81. The van der Waals surface area contributed by atoms with E-state index in [1.165, 1.54) is 0 Å². The van der Waals surface area contributed by atoms with Gasteiger partial charge >= 0.3 is 0 Å². The summed E-state index contributed by atoms with van der Waals surface area (Å²) in [5.41, 5.74) is 1.72. The van der Waals surface area contributed by atoms with Gasteiger partial charge in [-0.15, -0.1) is 10.2 Å². The maximum atomic E-state index is 8.97. The Balaban J connectivity index is 1.64. The molecule has 0 spiro atoms. The molecule has 0 aliphatic heterocycles. The van der Waals surface area contributed by atoms with Gasteiger partial charge in [0.2, 0.25) is 5.89 Å². The van der Waals surface area contributed by atoms with Crippen LogP contribution in [0.5, 0.6) is 5.75 Å². The number of benzene rings is 2. The molecule has 106 valence electrons. The smallest absolute Gasteiger partial charge is 0.254 e. The van der Waals surface area contributed by atoms with Crippen molar-refractivity contribution in [3.63, 3.8) is 0 Å². The first-order chi connectivity index (χ1) is 10.3. The maximum Gasteiger partial charge on any atom is 0.254 e. The highest BCUT2D eigenvalue weighted by atomic mass is 16.5. The van der Waals surface area contributed by atoms with Crippen molar-refractivity contribution in [2.24, 2.45) is 0 Å². The molecule has 5 nitrogen and oxygen atoms in total. The molecule has 0 radical (unpaired) electrons. The van der Waals surface area contributed by atoms with Crippen LogP contribution in [0.25, 0.3) is 11.5 Å². The van der Waals surface area contributed by atoms with Crippen LogP contribution in [-0.4, -0.2) is 15.3 Å². The molecule has 0 unspecified atom stereocenters. The van der Waals surface area contributed by atoms with Gasteiger partial charge in [0.25, 0.3) is 5.89 Å². The number of hydrogen-bond acceptors (Lipinski definition) is 5. The second-order valence-electron chi connectivity index (χ2n) is 4.46. The molecular weight excluding hydrogens is 268 g/mol. The lowest BCUT2D eigenvalue weighted by Crippen LogP contribution is -1.95. The second kappa shape index (κ2) is 6.19. The molecule has 1 N–H and O–H groups in total. The fourth-order valence-corrected chi connectivity index (χ4v) is 1.85. The van der Waals surface area contributed by atoms with Crippen LogP contribution >= 0.6 is 0 Å². The molecule has 3 rings (SSSR count). The Bertz CT molecular complexity index is 693. The van der Waals surface area contributed by atoms with E-state index in [-0.39, 0.29) is 13.2 Å². The SMILES string of the molecule is OCc1ccc(OCc2nnc(-c3ccccc3)o2)cc1. The van der Waals surface area contributed by atoms with Crippen molar-refractivity contribution in [1.82, 2.24) is 10.2 Å². The zero-order chi connectivity index (χ0) is 14.5. The number of hydrogen-bond donors (Lipinski definition) is 1. The third-order valence-electron chi connectivity index (χ3n) is 2.96. The van der Waals surface area contributed by atoms with Gasteiger partial charge in [0, 0.05) is 5.56 Å². The first kappa shape index (κ1) is 13.3. The normalized spacial score (nSPS) is 10.5. The van der Waals surface area contributed by atoms with Gasteiger partial charge in [-0.3, -0.25) is 0 Å². The minimum atomic E-state index is 0.0182. The molecule has 1 aromatic heterocycles. The van der Waals surface area contributed by atoms with Gasteiger partial charge in [0.15, 0.2) is 6.61 Å². The van der Waals surface area contributed by atoms with Crippen LogP contribution in [0.1, 0.15) is 11.5 Å². The Labute approximate surface area is 121 Å². The minimum absolute atomic E-state index is 0.0182. The van der Waals surface area contributed by atoms with Crippen molar-refractivity contribution >= 4 is 0 Å². The average Bonchev–Trinajstić information content (AvgIpc) is 3.03. The van der Waals surface area contributed by atoms with Crippen LogP contribution in [0.3, 0.4) is 0 Å². The van der Waals surface area contributed by atoms with E-state index in [0.29, 0.717) is 17.5 Å². The third kappa shape index (κ3) is 3.27. The highest BCUT2D eigenvalue weighted by Crippen LogP contribution is 2.18. The van der Waals surface area contributed by atoms with Crippen molar-refractivity contribution in [2.45, 2.75) is 13.2 Å². The number of nitrogens with zero attached hydrogens (tertiary/aromatic N) is 2. The van der Waals surface area contributed by atoms with E-state index in [2.05, 4.69) is 10.2 Å². The van der Waals surface area contributed by atoms with Crippen LogP contribution in [0.15, 0.2) is 59.0 Å². The topological polar surface area (TPSA) is 68.4 Å². The lowest BCUT2D eigenvalue weighted by molar-refractivity contribution is 0.263. The van der Waals surface area contributed by atoms with Crippen LogP contribution in [0.4, 0.5) is 0 Å². The standard InChI is InChI=1S/C16H14N2O3/c19-10-12-6-8-14(9-7-12)20-11-15-17-18-16(21-15)13-4-2-1-3-5-13/h1-9,19H,10-11H2. The van der Waals surface area contributed by atoms with E-state index in [0.717, 1.165) is 11.1 Å². The molecule has 0 amide bonds. The van der Waals surface area contributed by atoms with E-state index >= 15 is 0 Å². The van der Waals surface area contributed by atoms with Crippen molar-refractivity contribution < 1.29 is 14.3 Å². The summed E-state index contributed by atoms with van der Waals surface area (Å²) < 4.78 is 11.1. The number of aliphatic hydroxyl groups excluding tert-OH is 1. The highest BCUT2D eigenvalue weighted by Gasteiger charge is 2.08. The van der Waals surface area contributed by atoms with Gasteiger partial charge in [-0.2, -0.15) is 0 Å². The third-order valence-corrected chi connectivity index (χ3v) is 2.96. The van der Waals surface area contributed by atoms with Crippen molar-refractivity contribution in [2.75, 3.05) is 0 Å². The van der Waals surface area contributed by atoms with Crippen LogP contribution in [0.2, 0.25) is 0 Å². The quantitative estimate of drug-likeness (QED) is 0.779. The van der Waals surface area contributed by atoms with E-state index in [1.54, 1.807) is 24.3 Å². The molecule has 2 aromatic carbocycles. The van der Waals surface area contributed by atoms with Crippen LogP contribution < -0.4 is 4.74 Å². The Hall–Kier alpha value is -2.66. The van der Waals surface area contributed by atoms with Gasteiger partial charge in [0.1, 0.15) is 5.75 Å². The van der Waals surface area contributed by atoms with E-state index in [1.807, 2.05) is 30.3 Å². The number of rotatable bonds is 5. The molecule has 0 saturated heterocycles. The monoisotopic (exact) mass is 282 g/mol. The van der Waals surface area contributed by atoms with Crippen molar-refractivity contribution in [1.29, 1.82) is 0 Å². The average molecular weight is 282 g/mol. The van der Waals surface area contributed by atoms with Gasteiger partial charge in [-0.25, -0.2) is 0 Å². The molecule has 5 heteroatoms. The van der Waals surface area contributed by atoms with E-state index in [4.69, 9.17) is 14.3 Å². The van der Waals surface area contributed by atoms with Gasteiger partial charge < -0.3 is 14.3 Å². The summed E-state index contributed by atoms with van der Waals surface area (Å²) in [6.45, 7) is 0.225. The first-order valence-electron chi connectivity index (χ1n) is 6.55. The first-order valence-corrected chi connectivity index (χ1v) is 6.55. The van der Waals surface area contributed by atoms with Gasteiger partial charge in [0.05, 0.1) is 6.61 Å². The molecule has 21 heavy (non-hydrogen) atoms. The number of aliphatic hydroxyl groups is 1. The van der Waals surface area contributed by atoms with E-state index < -0.39 is 0 Å². The zero-order valence-corrected chi connectivity index (χ0v) is 11.3. The molecule has 0 aliphatic rings. The molecule has 1 heterocycles. The molecule has 0 aliphatic carbocycles. The Morgan fingerprint density at radius 2 is 1.71 bits per heavy atom. The lowest BCUT2D eigenvalue weighted by Gasteiger charge is -2.03. The zero-order valence-electron chi connectivity index (χ0n) is 11.3. The summed E-state index contributed by atoms with van der Waals surface area (Å²) in [7, 11) is 0. The Morgan fingerprint density at radius 1 is 0.952 bits per heavy atom. The van der Waals surface area contributed by atoms with Crippen molar-refractivity contribution in [3.8, 4) is 17.2 Å². The summed E-state index contributed by atoms with van der Waals surface area (Å²) in [5.74, 6) is 1.58. The molecular formula is C16H14N2O3. The Kier molecular flexibility index (Phi) is 3.93. The number of aromatic nitrogens is 2. The summed E-state index contributed by atoms with van der Waals surface area (Å²) >= 11 is 0. The molecule has 0 saturated carbocycles. The highest BCUT2D eigenvalue weighted by molar-refractivity contribution is 5.51.